The first kappa shape index (κ1) is 22.1. The Bertz CT molecular complexity index is 1260. The first-order valence-corrected chi connectivity index (χ1v) is 12.3. The summed E-state index contributed by atoms with van der Waals surface area (Å²) in [6.45, 7) is 0.806. The zero-order valence-corrected chi connectivity index (χ0v) is 18.6. The zero-order valence-electron chi connectivity index (χ0n) is 16.9. The number of likely N-dealkylation sites (tertiary alicyclic amines) is 1. The number of amides is 1. The number of aromatic nitrogens is 1. The Morgan fingerprint density at radius 3 is 2.81 bits per heavy atom. The van der Waals surface area contributed by atoms with Crippen LogP contribution in [0.5, 0.6) is 0 Å². The van der Waals surface area contributed by atoms with Gasteiger partial charge in [-0.1, -0.05) is 12.1 Å². The number of nitrogens with two attached hydrogens (primary N) is 1. The van der Waals surface area contributed by atoms with E-state index in [4.69, 9.17) is 5.14 Å². The van der Waals surface area contributed by atoms with E-state index in [1.165, 1.54) is 12.1 Å². The summed E-state index contributed by atoms with van der Waals surface area (Å²) in [5.41, 5.74) is 0.626. The number of benzene rings is 2. The van der Waals surface area contributed by atoms with E-state index in [9.17, 15) is 23.3 Å². The van der Waals surface area contributed by atoms with Crippen LogP contribution in [0.3, 0.4) is 0 Å². The molecule has 0 aliphatic carbocycles. The van der Waals surface area contributed by atoms with Crippen LogP contribution in [0.1, 0.15) is 30.3 Å². The monoisotopic (exact) mass is 475 g/mol. The summed E-state index contributed by atoms with van der Waals surface area (Å²) in [7, 11) is -4.06. The van der Waals surface area contributed by atoms with Crippen molar-refractivity contribution >= 4 is 48.9 Å². The van der Waals surface area contributed by atoms with E-state index in [1.54, 1.807) is 11.3 Å². The van der Waals surface area contributed by atoms with Crippen molar-refractivity contribution in [3.8, 4) is 0 Å². The number of primary sulfonamides is 1. The Kier molecular flexibility index (Phi) is 6.09. The normalized spacial score (nSPS) is 16.4. The molecule has 10 nitrogen and oxygen atoms in total. The lowest BCUT2D eigenvalue weighted by atomic mass is 10.2. The predicted molar refractivity (Wildman–Crippen MR) is 121 cm³/mol. The second-order valence-electron chi connectivity index (χ2n) is 7.42. The third-order valence-corrected chi connectivity index (χ3v) is 7.37. The van der Waals surface area contributed by atoms with Crippen LogP contribution in [-0.4, -0.2) is 42.2 Å². The van der Waals surface area contributed by atoms with E-state index >= 15 is 0 Å². The number of sulfonamides is 1. The Morgan fingerprint density at radius 2 is 2.09 bits per heavy atom. The number of nitrogens with one attached hydrogen (secondary N) is 1. The molecule has 1 aliphatic rings. The quantitative estimate of drug-likeness (QED) is 0.394. The summed E-state index contributed by atoms with van der Waals surface area (Å²) in [6, 6.07) is 11.2. The van der Waals surface area contributed by atoms with Crippen LogP contribution in [0.2, 0.25) is 0 Å². The van der Waals surface area contributed by atoms with Crippen molar-refractivity contribution in [2.45, 2.75) is 30.2 Å². The minimum absolute atomic E-state index is 0.0664. The number of nitrogens with zero attached hydrogens (tertiary/aromatic N) is 3. The van der Waals surface area contributed by atoms with Crippen LogP contribution in [0, 0.1) is 10.1 Å². The molecule has 0 saturated carbocycles. The highest BCUT2D eigenvalue weighted by Gasteiger charge is 2.32. The molecule has 32 heavy (non-hydrogen) atoms. The number of nitro groups is 1. The largest absolute Gasteiger partial charge is 0.379 e. The standard InChI is InChI=1S/C20H21N5O5S2/c21-32(29,30)13-7-8-14(17(12-13)25(27)28)22-10-9-19(26)24-11-3-5-16(24)20-23-15-4-1-2-6-18(15)31-20/h1-2,4,6-8,12,16,22H,3,5,9-11H2,(H2,21,29,30). The van der Waals surface area contributed by atoms with E-state index in [0.29, 0.717) is 6.54 Å². The molecule has 0 bridgehead atoms. The number of thiazole rings is 1. The van der Waals surface area contributed by atoms with Crippen molar-refractivity contribution in [3.63, 3.8) is 0 Å². The van der Waals surface area contributed by atoms with Crippen molar-refractivity contribution in [2.75, 3.05) is 18.4 Å². The molecule has 3 aromatic rings. The van der Waals surface area contributed by atoms with Gasteiger partial charge in [-0.25, -0.2) is 18.5 Å². The average Bonchev–Trinajstić information content (AvgIpc) is 3.39. The van der Waals surface area contributed by atoms with Gasteiger partial charge in [0.2, 0.25) is 15.9 Å². The molecule has 1 aliphatic heterocycles. The molecule has 4 rings (SSSR count). The highest BCUT2D eigenvalue weighted by Crippen LogP contribution is 2.36. The van der Waals surface area contributed by atoms with E-state index in [0.717, 1.165) is 34.1 Å². The van der Waals surface area contributed by atoms with Gasteiger partial charge in [0.25, 0.3) is 5.69 Å². The maximum absolute atomic E-state index is 12.9. The van der Waals surface area contributed by atoms with Gasteiger partial charge in [-0.2, -0.15) is 0 Å². The first-order chi connectivity index (χ1) is 15.2. The van der Waals surface area contributed by atoms with Gasteiger partial charge in [-0.3, -0.25) is 14.9 Å². The Balaban J connectivity index is 1.43. The van der Waals surface area contributed by atoms with Crippen molar-refractivity contribution < 1.29 is 18.1 Å². The average molecular weight is 476 g/mol. The highest BCUT2D eigenvalue weighted by atomic mass is 32.2. The number of para-hydroxylation sites is 1. The minimum Gasteiger partial charge on any atom is -0.379 e. The molecular weight excluding hydrogens is 454 g/mol. The van der Waals surface area contributed by atoms with Gasteiger partial charge >= 0.3 is 0 Å². The van der Waals surface area contributed by atoms with Gasteiger partial charge in [0.1, 0.15) is 10.7 Å². The molecule has 0 radical (unpaired) electrons. The molecule has 2 heterocycles. The van der Waals surface area contributed by atoms with Crippen LogP contribution in [0.4, 0.5) is 11.4 Å². The molecule has 12 heteroatoms. The van der Waals surface area contributed by atoms with E-state index in [2.05, 4.69) is 10.3 Å². The number of carbonyl (C=O) groups is 1. The lowest BCUT2D eigenvalue weighted by Crippen LogP contribution is -2.31. The summed E-state index contributed by atoms with van der Waals surface area (Å²) in [5.74, 6) is -0.0666. The van der Waals surface area contributed by atoms with Crippen LogP contribution in [-0.2, 0) is 14.8 Å². The van der Waals surface area contributed by atoms with Gasteiger partial charge < -0.3 is 10.2 Å². The van der Waals surface area contributed by atoms with E-state index < -0.39 is 20.6 Å². The summed E-state index contributed by atoms with van der Waals surface area (Å²) in [6.07, 6.45) is 1.87. The van der Waals surface area contributed by atoms with Crippen molar-refractivity contribution in [2.24, 2.45) is 5.14 Å². The minimum atomic E-state index is -4.06. The maximum Gasteiger partial charge on any atom is 0.293 e. The zero-order chi connectivity index (χ0) is 22.9. The molecule has 1 aromatic heterocycles. The number of hydrogen-bond donors (Lipinski definition) is 2. The molecule has 1 unspecified atom stereocenters. The molecule has 1 amide bonds. The number of fused-ring (bicyclic) bond motifs is 1. The fourth-order valence-corrected chi connectivity index (χ4v) is 5.44. The van der Waals surface area contributed by atoms with Crippen LogP contribution in [0.25, 0.3) is 10.2 Å². The molecule has 1 atom stereocenters. The predicted octanol–water partition coefficient (Wildman–Crippen LogP) is 3.02. The van der Waals surface area contributed by atoms with Gasteiger partial charge in [0.05, 0.1) is 26.1 Å². The lowest BCUT2D eigenvalue weighted by Gasteiger charge is -2.23. The molecule has 1 fully saturated rings. The summed E-state index contributed by atoms with van der Waals surface area (Å²) < 4.78 is 24.0. The van der Waals surface area contributed by atoms with Gasteiger partial charge in [0, 0.05) is 25.6 Å². The number of hydrogen-bond acceptors (Lipinski definition) is 8. The fourth-order valence-electron chi connectivity index (χ4n) is 3.79. The number of carbonyl (C=O) groups excluding carboxylic acids is 1. The maximum atomic E-state index is 12.9. The van der Waals surface area contributed by atoms with Gasteiger partial charge in [-0.05, 0) is 37.1 Å². The highest BCUT2D eigenvalue weighted by molar-refractivity contribution is 7.89. The lowest BCUT2D eigenvalue weighted by molar-refractivity contribution is -0.384. The Labute approximate surface area is 188 Å². The smallest absolute Gasteiger partial charge is 0.293 e. The van der Waals surface area contributed by atoms with Gasteiger partial charge in [-0.15, -0.1) is 11.3 Å². The number of anilines is 1. The number of rotatable bonds is 7. The number of nitro benzene ring substituents is 1. The van der Waals surface area contributed by atoms with Crippen molar-refractivity contribution in [1.29, 1.82) is 0 Å². The third-order valence-electron chi connectivity index (χ3n) is 5.32. The van der Waals surface area contributed by atoms with Crippen LogP contribution >= 0.6 is 11.3 Å². The summed E-state index contributed by atoms with van der Waals surface area (Å²) in [4.78, 5) is 29.7. The summed E-state index contributed by atoms with van der Waals surface area (Å²) >= 11 is 1.59. The summed E-state index contributed by atoms with van der Waals surface area (Å²) in [5, 5.41) is 20.2. The first-order valence-electron chi connectivity index (χ1n) is 9.94. The Hall–Kier alpha value is -3.09. The SMILES string of the molecule is NS(=O)(=O)c1ccc(NCCC(=O)N2CCCC2c2nc3ccccc3s2)c([N+](=O)[O-])c1. The van der Waals surface area contributed by atoms with E-state index in [1.807, 2.05) is 29.2 Å². The van der Waals surface area contributed by atoms with Crippen LogP contribution < -0.4 is 10.5 Å². The molecule has 0 spiro atoms. The van der Waals surface area contributed by atoms with Crippen molar-refractivity contribution in [3.05, 3.63) is 57.6 Å². The second-order valence-corrected chi connectivity index (χ2v) is 10.0. The van der Waals surface area contributed by atoms with E-state index in [-0.39, 0.29) is 35.5 Å². The third kappa shape index (κ3) is 4.56. The molecular formula is C20H21N5O5S2. The van der Waals surface area contributed by atoms with Crippen LogP contribution in [0.15, 0.2) is 47.4 Å². The fraction of sp³-hybridized carbons (Fsp3) is 0.300. The molecule has 2 aromatic carbocycles. The molecule has 1 saturated heterocycles. The second kappa shape index (κ2) is 8.81. The van der Waals surface area contributed by atoms with Crippen molar-refractivity contribution in [1.82, 2.24) is 9.88 Å². The topological polar surface area (TPSA) is 149 Å². The Morgan fingerprint density at radius 1 is 1.31 bits per heavy atom. The molecule has 168 valence electrons. The van der Waals surface area contributed by atoms with Gasteiger partial charge in [0.15, 0.2) is 0 Å². The molecule has 3 N–H and O–H groups in total.